The second-order valence-corrected chi connectivity index (χ2v) is 8.11. The Morgan fingerprint density at radius 1 is 1.03 bits per heavy atom. The van der Waals surface area contributed by atoms with Crippen molar-refractivity contribution in [2.75, 3.05) is 11.9 Å². The minimum absolute atomic E-state index is 0.0270. The molecule has 1 saturated carbocycles. The highest BCUT2D eigenvalue weighted by Gasteiger charge is 2.40. The van der Waals surface area contributed by atoms with Gasteiger partial charge in [-0.3, -0.25) is 14.4 Å². The Balaban J connectivity index is 1.47. The van der Waals surface area contributed by atoms with Gasteiger partial charge < -0.3 is 15.0 Å². The summed E-state index contributed by atoms with van der Waals surface area (Å²) in [5.41, 5.74) is 0.916. The minimum atomic E-state index is -1.17. The van der Waals surface area contributed by atoms with Crippen LogP contribution in [-0.4, -0.2) is 35.3 Å². The predicted octanol–water partition coefficient (Wildman–Crippen LogP) is 3.84. The van der Waals surface area contributed by atoms with Crippen molar-refractivity contribution in [1.29, 1.82) is 0 Å². The van der Waals surface area contributed by atoms with Crippen LogP contribution in [0.2, 0.25) is 0 Å². The number of hydrogen-bond acceptors (Lipinski definition) is 4. The van der Waals surface area contributed by atoms with E-state index in [0.29, 0.717) is 17.8 Å². The molecule has 0 unspecified atom stereocenters. The van der Waals surface area contributed by atoms with Crippen LogP contribution in [0.5, 0.6) is 0 Å². The highest BCUT2D eigenvalue weighted by molar-refractivity contribution is 5.96. The molecule has 1 N–H and O–H groups in total. The molecule has 1 aliphatic carbocycles. The fraction of sp³-hybridized carbons (Fsp3) is 0.375. The van der Waals surface area contributed by atoms with Gasteiger partial charge in [-0.2, -0.15) is 0 Å². The van der Waals surface area contributed by atoms with Crippen molar-refractivity contribution in [2.24, 2.45) is 5.92 Å². The van der Waals surface area contributed by atoms with Crippen LogP contribution < -0.4 is 5.32 Å². The fourth-order valence-electron chi connectivity index (χ4n) is 4.31. The van der Waals surface area contributed by atoms with Gasteiger partial charge >= 0.3 is 5.97 Å². The summed E-state index contributed by atoms with van der Waals surface area (Å²) < 4.78 is 18.8. The highest BCUT2D eigenvalue weighted by Crippen LogP contribution is 2.31. The van der Waals surface area contributed by atoms with Gasteiger partial charge in [-0.05, 0) is 37.1 Å². The molecule has 0 bridgehead atoms. The van der Waals surface area contributed by atoms with Crippen molar-refractivity contribution in [1.82, 2.24) is 4.90 Å². The number of rotatable bonds is 6. The van der Waals surface area contributed by atoms with Crippen LogP contribution >= 0.6 is 0 Å². The van der Waals surface area contributed by atoms with Crippen molar-refractivity contribution >= 4 is 23.5 Å². The van der Waals surface area contributed by atoms with E-state index in [1.807, 2.05) is 0 Å². The number of carbonyl (C=O) groups is 3. The van der Waals surface area contributed by atoms with Crippen LogP contribution in [0.4, 0.5) is 10.1 Å². The number of halogens is 1. The Labute approximate surface area is 180 Å². The van der Waals surface area contributed by atoms with Crippen LogP contribution in [-0.2, 0) is 19.1 Å². The average molecular weight is 424 g/mol. The lowest BCUT2D eigenvalue weighted by Gasteiger charge is -2.24. The second-order valence-electron chi connectivity index (χ2n) is 8.11. The van der Waals surface area contributed by atoms with Crippen molar-refractivity contribution in [3.63, 3.8) is 0 Å². The molecule has 1 saturated heterocycles. The summed E-state index contributed by atoms with van der Waals surface area (Å²) in [4.78, 5) is 40.1. The van der Waals surface area contributed by atoms with Crippen LogP contribution in [0, 0.1) is 11.7 Å². The summed E-state index contributed by atoms with van der Waals surface area (Å²) >= 11 is 0. The molecule has 0 aromatic heterocycles. The zero-order chi connectivity index (χ0) is 21.8. The summed E-state index contributed by atoms with van der Waals surface area (Å²) in [5, 5.41) is 2.67. The molecule has 1 aliphatic heterocycles. The number of amides is 2. The molecule has 2 aliphatic rings. The Bertz CT molecular complexity index is 942. The van der Waals surface area contributed by atoms with Gasteiger partial charge in [-0.25, -0.2) is 4.39 Å². The minimum Gasteiger partial charge on any atom is -0.447 e. The zero-order valence-electron chi connectivity index (χ0n) is 17.1. The average Bonchev–Trinajstić information content (AvgIpc) is 3.43. The molecule has 0 spiro atoms. The summed E-state index contributed by atoms with van der Waals surface area (Å²) in [5.74, 6) is -2.12. The number of hydrogen-bond donors (Lipinski definition) is 1. The summed E-state index contributed by atoms with van der Waals surface area (Å²) in [6.07, 6.45) is 3.08. The van der Waals surface area contributed by atoms with E-state index >= 15 is 0 Å². The van der Waals surface area contributed by atoms with Crippen LogP contribution in [0.15, 0.2) is 54.6 Å². The SMILES string of the molecule is O=C(O[C@@H](C(=O)Nc1ccc(F)cc1)c1ccccc1)[C@@H]1CC(=O)N(C2CCCC2)C1. The normalized spacial score (nSPS) is 20.0. The third-order valence-electron chi connectivity index (χ3n) is 5.94. The first kappa shape index (κ1) is 21.0. The third-order valence-corrected chi connectivity index (χ3v) is 5.94. The number of likely N-dealkylation sites (tertiary alicyclic amines) is 1. The number of carbonyl (C=O) groups excluding carboxylic acids is 3. The Hall–Kier alpha value is -3.22. The molecule has 2 aromatic rings. The first-order valence-corrected chi connectivity index (χ1v) is 10.6. The van der Waals surface area contributed by atoms with Crippen LogP contribution in [0.25, 0.3) is 0 Å². The lowest BCUT2D eigenvalue weighted by molar-refractivity contribution is -0.158. The van der Waals surface area contributed by atoms with Crippen molar-refractivity contribution < 1.29 is 23.5 Å². The first-order chi connectivity index (χ1) is 15.0. The number of nitrogens with zero attached hydrogens (tertiary/aromatic N) is 1. The van der Waals surface area contributed by atoms with Gasteiger partial charge in [0.25, 0.3) is 5.91 Å². The molecule has 0 radical (unpaired) electrons. The van der Waals surface area contributed by atoms with Gasteiger partial charge in [0.15, 0.2) is 0 Å². The largest absolute Gasteiger partial charge is 0.447 e. The smallest absolute Gasteiger partial charge is 0.312 e. The maximum absolute atomic E-state index is 13.2. The monoisotopic (exact) mass is 424 g/mol. The molecular formula is C24H25FN2O4. The lowest BCUT2D eigenvalue weighted by Crippen LogP contribution is -2.35. The maximum Gasteiger partial charge on any atom is 0.312 e. The number of esters is 1. The number of nitrogens with one attached hydrogen (secondary N) is 1. The first-order valence-electron chi connectivity index (χ1n) is 10.6. The summed E-state index contributed by atoms with van der Waals surface area (Å²) in [6, 6.07) is 14.3. The van der Waals surface area contributed by atoms with E-state index in [0.717, 1.165) is 25.7 Å². The summed E-state index contributed by atoms with van der Waals surface area (Å²) in [7, 11) is 0. The van der Waals surface area contributed by atoms with E-state index in [1.165, 1.54) is 24.3 Å². The van der Waals surface area contributed by atoms with Gasteiger partial charge in [0.1, 0.15) is 5.82 Å². The molecule has 31 heavy (non-hydrogen) atoms. The van der Waals surface area contributed by atoms with Crippen LogP contribution in [0.1, 0.15) is 43.8 Å². The van der Waals surface area contributed by atoms with E-state index < -0.39 is 29.7 Å². The summed E-state index contributed by atoms with van der Waals surface area (Å²) in [6.45, 7) is 0.337. The number of benzene rings is 2. The topological polar surface area (TPSA) is 75.7 Å². The fourth-order valence-corrected chi connectivity index (χ4v) is 4.31. The molecule has 1 heterocycles. The molecule has 2 atom stereocenters. The molecule has 4 rings (SSSR count). The van der Waals surface area contributed by atoms with E-state index in [4.69, 9.17) is 4.74 Å². The van der Waals surface area contributed by atoms with Crippen molar-refractivity contribution in [3.05, 3.63) is 66.0 Å². The van der Waals surface area contributed by atoms with Crippen LogP contribution in [0.3, 0.4) is 0 Å². The Morgan fingerprint density at radius 3 is 2.39 bits per heavy atom. The quantitative estimate of drug-likeness (QED) is 0.715. The third kappa shape index (κ3) is 4.93. The molecule has 2 amide bonds. The maximum atomic E-state index is 13.2. The zero-order valence-corrected chi connectivity index (χ0v) is 17.1. The Kier molecular flexibility index (Phi) is 6.30. The highest BCUT2D eigenvalue weighted by atomic mass is 19.1. The predicted molar refractivity (Wildman–Crippen MR) is 112 cm³/mol. The number of anilines is 1. The second kappa shape index (κ2) is 9.29. The molecule has 7 heteroatoms. The molecular weight excluding hydrogens is 399 g/mol. The molecule has 2 aromatic carbocycles. The van der Waals surface area contributed by atoms with Crippen molar-refractivity contribution in [2.45, 2.75) is 44.2 Å². The van der Waals surface area contributed by atoms with Gasteiger partial charge in [0, 0.05) is 30.3 Å². The van der Waals surface area contributed by atoms with Gasteiger partial charge in [0.2, 0.25) is 12.0 Å². The van der Waals surface area contributed by atoms with Gasteiger partial charge in [-0.1, -0.05) is 43.2 Å². The van der Waals surface area contributed by atoms with Gasteiger partial charge in [-0.15, -0.1) is 0 Å². The van der Waals surface area contributed by atoms with E-state index in [9.17, 15) is 18.8 Å². The van der Waals surface area contributed by atoms with E-state index in [-0.39, 0.29) is 18.4 Å². The standard InChI is InChI=1S/C24H25FN2O4/c25-18-10-12-19(13-11-18)26-23(29)22(16-6-2-1-3-7-16)31-24(30)17-14-21(28)27(15-17)20-8-4-5-9-20/h1-3,6-7,10-13,17,20,22H,4-5,8-9,14-15H2,(H,26,29)/t17-,22-/m1/s1. The molecule has 2 fully saturated rings. The molecule has 162 valence electrons. The van der Waals surface area contributed by atoms with Crippen molar-refractivity contribution in [3.8, 4) is 0 Å². The lowest BCUT2D eigenvalue weighted by atomic mass is 10.1. The molecule has 6 nitrogen and oxygen atoms in total. The van der Waals surface area contributed by atoms with E-state index in [1.54, 1.807) is 35.2 Å². The number of ether oxygens (including phenoxy) is 1. The van der Waals surface area contributed by atoms with Gasteiger partial charge in [0.05, 0.1) is 5.92 Å². The Morgan fingerprint density at radius 2 is 1.71 bits per heavy atom. The van der Waals surface area contributed by atoms with E-state index in [2.05, 4.69) is 5.32 Å².